The van der Waals surface area contributed by atoms with Crippen molar-refractivity contribution < 1.29 is 9.32 Å². The van der Waals surface area contributed by atoms with Crippen molar-refractivity contribution in [3.63, 3.8) is 0 Å². The minimum Gasteiger partial charge on any atom is -0.361 e. The van der Waals surface area contributed by atoms with Crippen LogP contribution in [-0.2, 0) is 6.54 Å². The lowest BCUT2D eigenvalue weighted by atomic mass is 10.2. The van der Waals surface area contributed by atoms with Crippen molar-refractivity contribution in [2.24, 2.45) is 0 Å². The Labute approximate surface area is 144 Å². The van der Waals surface area contributed by atoms with Crippen molar-refractivity contribution in [3.05, 3.63) is 35.0 Å². The molecule has 4 heterocycles. The molecule has 25 heavy (non-hydrogen) atoms. The van der Waals surface area contributed by atoms with E-state index in [0.717, 1.165) is 18.9 Å². The number of hydrogen-bond donors (Lipinski definition) is 1. The van der Waals surface area contributed by atoms with Crippen LogP contribution in [0.5, 0.6) is 0 Å². The fourth-order valence-electron chi connectivity index (χ4n) is 3.10. The minimum atomic E-state index is -0.247. The molecule has 0 unspecified atom stereocenters. The molecule has 0 atom stereocenters. The third kappa shape index (κ3) is 2.81. The Hall–Kier alpha value is -2.97. The number of anilines is 1. The highest BCUT2D eigenvalue weighted by Crippen LogP contribution is 2.18. The highest BCUT2D eigenvalue weighted by atomic mass is 16.5. The minimum absolute atomic E-state index is 0.223. The molecule has 0 radical (unpaired) electrons. The molecule has 0 aromatic carbocycles. The summed E-state index contributed by atoms with van der Waals surface area (Å²) in [6, 6.07) is 3.86. The molecule has 1 amide bonds. The summed E-state index contributed by atoms with van der Waals surface area (Å²) in [4.78, 5) is 14.6. The van der Waals surface area contributed by atoms with Crippen LogP contribution in [0.25, 0.3) is 5.65 Å². The average molecular weight is 341 g/mol. The van der Waals surface area contributed by atoms with Gasteiger partial charge < -0.3 is 14.7 Å². The largest absolute Gasteiger partial charge is 0.361 e. The van der Waals surface area contributed by atoms with E-state index in [4.69, 9.17) is 4.52 Å². The van der Waals surface area contributed by atoms with E-state index < -0.39 is 0 Å². The monoisotopic (exact) mass is 341 g/mol. The van der Waals surface area contributed by atoms with E-state index in [-0.39, 0.29) is 12.5 Å². The van der Waals surface area contributed by atoms with Crippen LogP contribution >= 0.6 is 0 Å². The van der Waals surface area contributed by atoms with E-state index in [1.165, 1.54) is 12.8 Å². The molecule has 130 valence electrons. The first-order chi connectivity index (χ1) is 12.1. The fraction of sp³-hybridized carbons (Fsp3) is 0.438. The Morgan fingerprint density at radius 3 is 2.76 bits per heavy atom. The van der Waals surface area contributed by atoms with Gasteiger partial charge in [-0.3, -0.25) is 4.79 Å². The molecule has 1 aliphatic heterocycles. The standard InChI is InChI=1S/C16H19N7O2/c1-10-15(11(2)25-21-10)16(24)17-9-14-19-18-12-5-6-13(20-23(12)14)22-7-3-4-8-22/h5-6H,3-4,7-9H2,1-2H3,(H,17,24). The SMILES string of the molecule is Cc1noc(C)c1C(=O)NCc1nnc2ccc(N3CCCC3)nn12. The molecule has 4 rings (SSSR count). The first kappa shape index (κ1) is 15.6. The highest BCUT2D eigenvalue weighted by Gasteiger charge is 2.19. The predicted molar refractivity (Wildman–Crippen MR) is 89.4 cm³/mol. The van der Waals surface area contributed by atoms with E-state index in [2.05, 4.69) is 30.7 Å². The van der Waals surface area contributed by atoms with Crippen molar-refractivity contribution in [1.29, 1.82) is 0 Å². The molecule has 0 bridgehead atoms. The molecule has 1 saturated heterocycles. The zero-order chi connectivity index (χ0) is 17.4. The number of hydrogen-bond acceptors (Lipinski definition) is 7. The number of aryl methyl sites for hydroxylation is 2. The van der Waals surface area contributed by atoms with E-state index in [1.54, 1.807) is 18.4 Å². The zero-order valence-electron chi connectivity index (χ0n) is 14.2. The summed E-state index contributed by atoms with van der Waals surface area (Å²) < 4.78 is 6.72. The molecule has 1 N–H and O–H groups in total. The second-order valence-corrected chi connectivity index (χ2v) is 6.15. The van der Waals surface area contributed by atoms with E-state index in [0.29, 0.717) is 28.5 Å². The van der Waals surface area contributed by atoms with Gasteiger partial charge in [0.25, 0.3) is 5.91 Å². The van der Waals surface area contributed by atoms with Crippen LogP contribution < -0.4 is 10.2 Å². The maximum atomic E-state index is 12.4. The molecular weight excluding hydrogens is 322 g/mol. The van der Waals surface area contributed by atoms with Crippen LogP contribution in [0, 0.1) is 13.8 Å². The Balaban J connectivity index is 1.55. The van der Waals surface area contributed by atoms with Crippen molar-refractivity contribution in [2.45, 2.75) is 33.2 Å². The maximum Gasteiger partial charge on any atom is 0.257 e. The first-order valence-electron chi connectivity index (χ1n) is 8.31. The van der Waals surface area contributed by atoms with Gasteiger partial charge in [-0.2, -0.15) is 4.52 Å². The van der Waals surface area contributed by atoms with Gasteiger partial charge in [-0.25, -0.2) is 0 Å². The fourth-order valence-corrected chi connectivity index (χ4v) is 3.10. The summed E-state index contributed by atoms with van der Waals surface area (Å²) in [5.41, 5.74) is 1.68. The van der Waals surface area contributed by atoms with E-state index in [9.17, 15) is 4.79 Å². The Morgan fingerprint density at radius 1 is 1.24 bits per heavy atom. The lowest BCUT2D eigenvalue weighted by molar-refractivity contribution is 0.0947. The third-order valence-corrected chi connectivity index (χ3v) is 4.41. The van der Waals surface area contributed by atoms with E-state index in [1.807, 2.05) is 12.1 Å². The van der Waals surface area contributed by atoms with Crippen LogP contribution in [-0.4, -0.2) is 44.0 Å². The summed E-state index contributed by atoms with van der Waals surface area (Å²) in [6.45, 7) is 5.70. The average Bonchev–Trinajstić information content (AvgIpc) is 3.33. The number of aromatic nitrogens is 5. The number of carbonyl (C=O) groups is 1. The Kier molecular flexibility index (Phi) is 3.83. The molecule has 0 saturated carbocycles. The topological polar surface area (TPSA) is 101 Å². The lowest BCUT2D eigenvalue weighted by Crippen LogP contribution is -2.25. The van der Waals surface area contributed by atoms with Gasteiger partial charge in [0.15, 0.2) is 11.5 Å². The Bertz CT molecular complexity index is 904. The second-order valence-electron chi connectivity index (χ2n) is 6.15. The zero-order valence-corrected chi connectivity index (χ0v) is 14.2. The van der Waals surface area contributed by atoms with Crippen molar-refractivity contribution in [3.8, 4) is 0 Å². The van der Waals surface area contributed by atoms with Crippen LogP contribution in [0.15, 0.2) is 16.7 Å². The highest BCUT2D eigenvalue weighted by molar-refractivity contribution is 5.95. The number of amides is 1. The van der Waals surface area contributed by atoms with Gasteiger partial charge >= 0.3 is 0 Å². The molecule has 9 heteroatoms. The van der Waals surface area contributed by atoms with Gasteiger partial charge in [0, 0.05) is 13.1 Å². The summed E-state index contributed by atoms with van der Waals surface area (Å²) in [5, 5.41) is 19.5. The van der Waals surface area contributed by atoms with Gasteiger partial charge in [-0.05, 0) is 38.8 Å². The molecule has 0 aliphatic carbocycles. The summed E-state index contributed by atoms with van der Waals surface area (Å²) in [7, 11) is 0. The van der Waals surface area contributed by atoms with Gasteiger partial charge in [0.05, 0.1) is 12.2 Å². The summed E-state index contributed by atoms with van der Waals surface area (Å²) >= 11 is 0. The van der Waals surface area contributed by atoms with Crippen molar-refractivity contribution in [2.75, 3.05) is 18.0 Å². The van der Waals surface area contributed by atoms with Crippen molar-refractivity contribution >= 4 is 17.4 Å². The van der Waals surface area contributed by atoms with Gasteiger partial charge in [-0.15, -0.1) is 15.3 Å². The molecule has 3 aromatic rings. The molecule has 9 nitrogen and oxygen atoms in total. The second kappa shape index (κ2) is 6.15. The quantitative estimate of drug-likeness (QED) is 0.762. The normalized spacial score (nSPS) is 14.4. The summed E-state index contributed by atoms with van der Waals surface area (Å²) in [5.74, 6) is 1.73. The van der Waals surface area contributed by atoms with Gasteiger partial charge in [-0.1, -0.05) is 5.16 Å². The number of nitrogens with one attached hydrogen (secondary N) is 1. The van der Waals surface area contributed by atoms with Gasteiger partial charge in [0.2, 0.25) is 0 Å². The molecule has 1 aliphatic rings. The van der Waals surface area contributed by atoms with Crippen LogP contribution in [0.3, 0.4) is 0 Å². The lowest BCUT2D eigenvalue weighted by Gasteiger charge is -2.15. The molecule has 0 spiro atoms. The number of nitrogens with zero attached hydrogens (tertiary/aromatic N) is 6. The predicted octanol–water partition coefficient (Wildman–Crippen LogP) is 1.26. The van der Waals surface area contributed by atoms with E-state index >= 15 is 0 Å². The molecule has 1 fully saturated rings. The van der Waals surface area contributed by atoms with Crippen molar-refractivity contribution in [1.82, 2.24) is 30.3 Å². The van der Waals surface area contributed by atoms with Crippen LogP contribution in [0.2, 0.25) is 0 Å². The third-order valence-electron chi connectivity index (χ3n) is 4.41. The first-order valence-corrected chi connectivity index (χ1v) is 8.31. The van der Waals surface area contributed by atoms with Crippen LogP contribution in [0.1, 0.15) is 40.5 Å². The Morgan fingerprint density at radius 2 is 2.04 bits per heavy atom. The number of carbonyl (C=O) groups excluding carboxylic acids is 1. The number of fused-ring (bicyclic) bond motifs is 1. The van der Waals surface area contributed by atoms with Crippen LogP contribution in [0.4, 0.5) is 5.82 Å². The molecule has 3 aromatic heterocycles. The smallest absolute Gasteiger partial charge is 0.257 e. The summed E-state index contributed by atoms with van der Waals surface area (Å²) in [6.07, 6.45) is 2.37. The maximum absolute atomic E-state index is 12.4. The van der Waals surface area contributed by atoms with Gasteiger partial charge in [0.1, 0.15) is 17.1 Å². The number of rotatable bonds is 4. The molecular formula is C16H19N7O2.